The van der Waals surface area contributed by atoms with Crippen LogP contribution < -0.4 is 5.32 Å². The number of esters is 1. The zero-order valence-electron chi connectivity index (χ0n) is 14.4. The first kappa shape index (κ1) is 21.4. The van der Waals surface area contributed by atoms with Gasteiger partial charge in [0.25, 0.3) is 5.91 Å². The van der Waals surface area contributed by atoms with Crippen molar-refractivity contribution in [1.29, 1.82) is 0 Å². The third kappa shape index (κ3) is 6.38. The summed E-state index contributed by atoms with van der Waals surface area (Å²) in [5.74, 6) is -1.89. The van der Waals surface area contributed by atoms with Gasteiger partial charge in [-0.05, 0) is 18.2 Å². The number of nitrogens with one attached hydrogen (secondary N) is 1. The summed E-state index contributed by atoms with van der Waals surface area (Å²) in [5.41, 5.74) is -0.785. The smallest absolute Gasteiger partial charge is 0.416 e. The molecule has 148 valence electrons. The molecule has 0 fully saturated rings. The van der Waals surface area contributed by atoms with Gasteiger partial charge in [-0.1, -0.05) is 41.9 Å². The third-order valence-corrected chi connectivity index (χ3v) is 3.91. The monoisotopic (exact) mass is 413 g/mol. The lowest BCUT2D eigenvalue weighted by Crippen LogP contribution is -2.21. The number of ketones is 1. The van der Waals surface area contributed by atoms with Crippen LogP contribution >= 0.6 is 11.6 Å². The number of Topliss-reactive ketones (excluding diaryl/α,β-unsaturated/α-hetero) is 1. The average Bonchev–Trinajstić information content (AvgIpc) is 2.66. The lowest BCUT2D eigenvalue weighted by Gasteiger charge is -2.11. The first-order valence-electron chi connectivity index (χ1n) is 8.07. The molecular formula is C19H15ClF3NO4. The number of carbonyl (C=O) groups excluding carboxylic acids is 3. The molecular weight excluding hydrogens is 399 g/mol. The van der Waals surface area contributed by atoms with E-state index in [2.05, 4.69) is 5.32 Å². The van der Waals surface area contributed by atoms with Gasteiger partial charge < -0.3 is 10.1 Å². The summed E-state index contributed by atoms with van der Waals surface area (Å²) in [4.78, 5) is 35.3. The highest BCUT2D eigenvalue weighted by Gasteiger charge is 2.31. The van der Waals surface area contributed by atoms with Crippen molar-refractivity contribution in [2.75, 3.05) is 11.9 Å². The molecule has 1 amide bonds. The maximum absolute atomic E-state index is 12.7. The highest BCUT2D eigenvalue weighted by atomic mass is 35.5. The lowest BCUT2D eigenvalue weighted by atomic mass is 10.1. The third-order valence-electron chi connectivity index (χ3n) is 3.58. The van der Waals surface area contributed by atoms with E-state index in [-0.39, 0.29) is 29.3 Å². The van der Waals surface area contributed by atoms with Crippen molar-refractivity contribution in [2.45, 2.75) is 19.0 Å². The van der Waals surface area contributed by atoms with Gasteiger partial charge in [0.2, 0.25) is 0 Å². The number of halogens is 4. The second-order valence-corrected chi connectivity index (χ2v) is 6.10. The van der Waals surface area contributed by atoms with Gasteiger partial charge in [-0.2, -0.15) is 13.2 Å². The zero-order valence-corrected chi connectivity index (χ0v) is 15.1. The van der Waals surface area contributed by atoms with E-state index in [0.29, 0.717) is 11.6 Å². The second-order valence-electron chi connectivity index (χ2n) is 5.69. The Labute approximate surface area is 163 Å². The quantitative estimate of drug-likeness (QED) is 0.535. The highest BCUT2D eigenvalue weighted by Crippen LogP contribution is 2.33. The Morgan fingerprint density at radius 3 is 2.32 bits per heavy atom. The molecule has 0 radical (unpaired) electrons. The van der Waals surface area contributed by atoms with E-state index in [4.69, 9.17) is 16.3 Å². The standard InChI is InChI=1S/C19H15ClF3NO4/c20-14-7-6-13(19(21,22)23)10-15(14)24-17(26)11-28-18(27)9-8-16(25)12-4-2-1-3-5-12/h1-7,10H,8-9,11H2,(H,24,26). The van der Waals surface area contributed by atoms with Gasteiger partial charge in [-0.15, -0.1) is 0 Å². The van der Waals surface area contributed by atoms with Gasteiger partial charge in [0.1, 0.15) is 0 Å². The van der Waals surface area contributed by atoms with E-state index in [1.54, 1.807) is 30.3 Å². The summed E-state index contributed by atoms with van der Waals surface area (Å²) in [5, 5.41) is 2.06. The van der Waals surface area contributed by atoms with E-state index in [1.165, 1.54) is 0 Å². The fourth-order valence-corrected chi connectivity index (χ4v) is 2.35. The predicted molar refractivity (Wildman–Crippen MR) is 96.0 cm³/mol. The molecule has 0 aliphatic rings. The normalized spacial score (nSPS) is 11.0. The van der Waals surface area contributed by atoms with Crippen LogP contribution in [-0.2, 0) is 20.5 Å². The van der Waals surface area contributed by atoms with Crippen molar-refractivity contribution in [2.24, 2.45) is 0 Å². The van der Waals surface area contributed by atoms with Gasteiger partial charge in [-0.25, -0.2) is 0 Å². The fourth-order valence-electron chi connectivity index (χ4n) is 2.19. The van der Waals surface area contributed by atoms with Crippen molar-refractivity contribution in [3.8, 4) is 0 Å². The van der Waals surface area contributed by atoms with Gasteiger partial charge in [-0.3, -0.25) is 14.4 Å². The van der Waals surface area contributed by atoms with Crippen molar-refractivity contribution < 1.29 is 32.3 Å². The largest absolute Gasteiger partial charge is 0.456 e. The number of anilines is 1. The summed E-state index contributed by atoms with van der Waals surface area (Å²) in [6, 6.07) is 10.8. The van der Waals surface area contributed by atoms with Crippen LogP contribution in [0, 0.1) is 0 Å². The summed E-state index contributed by atoms with van der Waals surface area (Å²) in [7, 11) is 0. The Bertz CT molecular complexity index is 869. The molecule has 28 heavy (non-hydrogen) atoms. The summed E-state index contributed by atoms with van der Waals surface area (Å²) < 4.78 is 42.9. The van der Waals surface area contributed by atoms with Crippen LogP contribution in [0.1, 0.15) is 28.8 Å². The van der Waals surface area contributed by atoms with Gasteiger partial charge >= 0.3 is 12.1 Å². The van der Waals surface area contributed by atoms with Gasteiger partial charge in [0.15, 0.2) is 12.4 Å². The Balaban J connectivity index is 1.82. The molecule has 9 heteroatoms. The molecule has 2 aromatic carbocycles. The van der Waals surface area contributed by atoms with Crippen LogP contribution in [0.4, 0.5) is 18.9 Å². The van der Waals surface area contributed by atoms with Crippen LogP contribution in [-0.4, -0.2) is 24.3 Å². The minimum Gasteiger partial charge on any atom is -0.456 e. The van der Waals surface area contributed by atoms with E-state index in [9.17, 15) is 27.6 Å². The molecule has 5 nitrogen and oxygen atoms in total. The molecule has 0 atom stereocenters. The minimum absolute atomic E-state index is 0.0933. The van der Waals surface area contributed by atoms with Crippen LogP contribution in [0.3, 0.4) is 0 Å². The minimum atomic E-state index is -4.60. The van der Waals surface area contributed by atoms with E-state index < -0.39 is 30.2 Å². The van der Waals surface area contributed by atoms with Crippen molar-refractivity contribution in [1.82, 2.24) is 0 Å². The maximum atomic E-state index is 12.7. The Kier molecular flexibility index (Phi) is 7.17. The first-order valence-corrected chi connectivity index (χ1v) is 8.45. The Morgan fingerprint density at radius 1 is 1.00 bits per heavy atom. The molecule has 0 unspecified atom stereocenters. The van der Waals surface area contributed by atoms with E-state index in [1.807, 2.05) is 0 Å². The molecule has 2 rings (SSSR count). The molecule has 2 aromatic rings. The van der Waals surface area contributed by atoms with Gasteiger partial charge in [0, 0.05) is 12.0 Å². The van der Waals surface area contributed by atoms with E-state index >= 15 is 0 Å². The number of amides is 1. The number of ether oxygens (including phenoxy) is 1. The van der Waals surface area contributed by atoms with Crippen molar-refractivity contribution in [3.05, 3.63) is 64.7 Å². The molecule has 0 aliphatic carbocycles. The molecule has 0 saturated heterocycles. The first-order chi connectivity index (χ1) is 13.2. The molecule has 0 aromatic heterocycles. The van der Waals surface area contributed by atoms with Crippen LogP contribution in [0.15, 0.2) is 48.5 Å². The number of benzene rings is 2. The second kappa shape index (κ2) is 9.36. The number of alkyl halides is 3. The molecule has 0 heterocycles. The molecule has 0 aliphatic heterocycles. The highest BCUT2D eigenvalue weighted by molar-refractivity contribution is 6.33. The topological polar surface area (TPSA) is 72.5 Å². The maximum Gasteiger partial charge on any atom is 0.416 e. The number of rotatable bonds is 7. The summed E-state index contributed by atoms with van der Waals surface area (Å²) in [6.07, 6.45) is -4.92. The molecule has 1 N–H and O–H groups in total. The Hall–Kier alpha value is -2.87. The number of hydrogen-bond donors (Lipinski definition) is 1. The summed E-state index contributed by atoms with van der Waals surface area (Å²) in [6.45, 7) is -0.717. The Morgan fingerprint density at radius 2 is 1.68 bits per heavy atom. The lowest BCUT2D eigenvalue weighted by molar-refractivity contribution is -0.147. The molecule has 0 bridgehead atoms. The van der Waals surface area contributed by atoms with Gasteiger partial charge in [0.05, 0.1) is 22.7 Å². The fraction of sp³-hybridized carbons (Fsp3) is 0.211. The predicted octanol–water partition coefficient (Wildman–Crippen LogP) is 4.50. The number of hydrogen-bond acceptors (Lipinski definition) is 4. The van der Waals surface area contributed by atoms with Crippen LogP contribution in [0.25, 0.3) is 0 Å². The van der Waals surface area contributed by atoms with Crippen LogP contribution in [0.5, 0.6) is 0 Å². The molecule has 0 saturated carbocycles. The SMILES string of the molecule is O=C(COC(=O)CCC(=O)c1ccccc1)Nc1cc(C(F)(F)F)ccc1Cl. The van der Waals surface area contributed by atoms with Crippen molar-refractivity contribution in [3.63, 3.8) is 0 Å². The van der Waals surface area contributed by atoms with Crippen LogP contribution in [0.2, 0.25) is 5.02 Å². The number of carbonyl (C=O) groups is 3. The molecule has 0 spiro atoms. The van der Waals surface area contributed by atoms with E-state index in [0.717, 1.165) is 12.1 Å². The summed E-state index contributed by atoms with van der Waals surface area (Å²) >= 11 is 5.77. The zero-order chi connectivity index (χ0) is 20.7. The average molecular weight is 414 g/mol. The van der Waals surface area contributed by atoms with Crippen molar-refractivity contribution >= 4 is 34.9 Å².